The Morgan fingerprint density at radius 3 is 2.73 bits per heavy atom. The summed E-state index contributed by atoms with van der Waals surface area (Å²) in [4.78, 5) is 14.3. The zero-order valence-corrected chi connectivity index (χ0v) is 14.3. The third-order valence-corrected chi connectivity index (χ3v) is 4.81. The lowest BCUT2D eigenvalue weighted by atomic mass is 9.97. The van der Waals surface area contributed by atoms with Gasteiger partial charge in [-0.3, -0.25) is 0 Å². The molecule has 122 valence electrons. The lowest BCUT2D eigenvalue weighted by Gasteiger charge is -2.34. The van der Waals surface area contributed by atoms with Crippen LogP contribution in [0.1, 0.15) is 38.3 Å². The Balaban J connectivity index is 2.19. The zero-order valence-electron chi connectivity index (χ0n) is 13.5. The van der Waals surface area contributed by atoms with Gasteiger partial charge in [0.05, 0.1) is 11.8 Å². The SMILES string of the molecule is CCc1ccc(Cl)c(CC)c1NC(=O)N1CC[C@H](O)[C@H](C)C1. The van der Waals surface area contributed by atoms with Crippen LogP contribution in [0.25, 0.3) is 0 Å². The van der Waals surface area contributed by atoms with Crippen LogP contribution in [0.5, 0.6) is 0 Å². The van der Waals surface area contributed by atoms with E-state index in [1.165, 1.54) is 0 Å². The maximum absolute atomic E-state index is 12.6. The molecule has 0 bridgehead atoms. The number of hydrogen-bond acceptors (Lipinski definition) is 2. The molecule has 1 fully saturated rings. The molecule has 1 aromatic rings. The van der Waals surface area contributed by atoms with E-state index < -0.39 is 0 Å². The van der Waals surface area contributed by atoms with Crippen molar-refractivity contribution in [3.05, 3.63) is 28.3 Å². The first kappa shape index (κ1) is 17.1. The highest BCUT2D eigenvalue weighted by Crippen LogP contribution is 2.30. The first-order valence-corrected chi connectivity index (χ1v) is 8.39. The molecule has 4 nitrogen and oxygen atoms in total. The normalized spacial score (nSPS) is 21.8. The Morgan fingerprint density at radius 1 is 1.41 bits per heavy atom. The summed E-state index contributed by atoms with van der Waals surface area (Å²) in [7, 11) is 0. The van der Waals surface area contributed by atoms with E-state index in [4.69, 9.17) is 11.6 Å². The van der Waals surface area contributed by atoms with Crippen LogP contribution in [0, 0.1) is 5.92 Å². The van der Waals surface area contributed by atoms with E-state index in [-0.39, 0.29) is 18.1 Å². The highest BCUT2D eigenvalue weighted by atomic mass is 35.5. The van der Waals surface area contributed by atoms with Gasteiger partial charge in [0.2, 0.25) is 0 Å². The Kier molecular flexibility index (Phi) is 5.70. The predicted molar refractivity (Wildman–Crippen MR) is 90.6 cm³/mol. The van der Waals surface area contributed by atoms with Gasteiger partial charge in [-0.25, -0.2) is 4.79 Å². The van der Waals surface area contributed by atoms with Crippen molar-refractivity contribution in [3.8, 4) is 0 Å². The fraction of sp³-hybridized carbons (Fsp3) is 0.588. The van der Waals surface area contributed by atoms with Gasteiger partial charge in [-0.1, -0.05) is 38.4 Å². The molecule has 1 saturated heterocycles. The minimum absolute atomic E-state index is 0.106. The molecular weight excluding hydrogens is 300 g/mol. The standard InChI is InChI=1S/C17H25ClN2O2/c1-4-12-6-7-14(18)13(5-2)16(12)19-17(22)20-9-8-15(21)11(3)10-20/h6-7,11,15,21H,4-5,8-10H2,1-3H3,(H,19,22)/t11-,15+/m1/s1. The molecular formula is C17H25ClN2O2. The number of piperidine rings is 1. The van der Waals surface area contributed by atoms with Crippen LogP contribution in [0.3, 0.4) is 0 Å². The summed E-state index contributed by atoms with van der Waals surface area (Å²) in [6.45, 7) is 7.24. The Bertz CT molecular complexity index is 548. The van der Waals surface area contributed by atoms with Gasteiger partial charge in [0, 0.05) is 18.1 Å². The first-order valence-electron chi connectivity index (χ1n) is 8.02. The number of likely N-dealkylation sites (tertiary alicyclic amines) is 1. The van der Waals surface area contributed by atoms with E-state index in [1.807, 2.05) is 26.0 Å². The van der Waals surface area contributed by atoms with E-state index in [9.17, 15) is 9.90 Å². The number of anilines is 1. The van der Waals surface area contributed by atoms with Gasteiger partial charge in [0.1, 0.15) is 0 Å². The molecule has 2 amide bonds. The quantitative estimate of drug-likeness (QED) is 0.890. The molecule has 22 heavy (non-hydrogen) atoms. The summed E-state index contributed by atoms with van der Waals surface area (Å²) < 4.78 is 0. The molecule has 0 saturated carbocycles. The van der Waals surface area contributed by atoms with Gasteiger partial charge in [0.25, 0.3) is 0 Å². The Morgan fingerprint density at radius 2 is 2.14 bits per heavy atom. The topological polar surface area (TPSA) is 52.6 Å². The van der Waals surface area contributed by atoms with Gasteiger partial charge < -0.3 is 15.3 Å². The average molecular weight is 325 g/mol. The largest absolute Gasteiger partial charge is 0.393 e. The van der Waals surface area contributed by atoms with Gasteiger partial charge in [0.15, 0.2) is 0 Å². The molecule has 5 heteroatoms. The van der Waals surface area contributed by atoms with Crippen molar-refractivity contribution in [2.45, 2.75) is 46.1 Å². The van der Waals surface area contributed by atoms with Crippen LogP contribution < -0.4 is 5.32 Å². The number of aryl methyl sites for hydroxylation is 1. The fourth-order valence-corrected chi connectivity index (χ4v) is 3.26. The molecule has 0 aliphatic carbocycles. The van der Waals surface area contributed by atoms with Crippen molar-refractivity contribution in [2.24, 2.45) is 5.92 Å². The van der Waals surface area contributed by atoms with Gasteiger partial charge in [-0.15, -0.1) is 0 Å². The summed E-state index contributed by atoms with van der Waals surface area (Å²) in [6.07, 6.45) is 1.94. The third kappa shape index (κ3) is 3.55. The van der Waals surface area contributed by atoms with Crippen LogP contribution >= 0.6 is 11.6 Å². The van der Waals surface area contributed by atoms with E-state index >= 15 is 0 Å². The zero-order chi connectivity index (χ0) is 16.3. The van der Waals surface area contributed by atoms with Crippen molar-refractivity contribution >= 4 is 23.3 Å². The number of nitrogens with one attached hydrogen (secondary N) is 1. The van der Waals surface area contributed by atoms with E-state index in [0.29, 0.717) is 24.5 Å². The van der Waals surface area contributed by atoms with Crippen LogP contribution in [0.4, 0.5) is 10.5 Å². The molecule has 1 aliphatic heterocycles. The number of aliphatic hydroxyl groups is 1. The lowest BCUT2D eigenvalue weighted by Crippen LogP contribution is -2.46. The Hall–Kier alpha value is -1.26. The monoisotopic (exact) mass is 324 g/mol. The average Bonchev–Trinajstić information content (AvgIpc) is 2.50. The Labute approximate surface area is 137 Å². The minimum Gasteiger partial charge on any atom is -0.393 e. The molecule has 1 aliphatic rings. The summed E-state index contributed by atoms with van der Waals surface area (Å²) in [5, 5.41) is 13.5. The number of halogens is 1. The summed E-state index contributed by atoms with van der Waals surface area (Å²) in [5.74, 6) is 0.107. The van der Waals surface area contributed by atoms with Crippen LogP contribution in [0.2, 0.25) is 5.02 Å². The second-order valence-electron chi connectivity index (χ2n) is 5.98. The van der Waals surface area contributed by atoms with Gasteiger partial charge in [-0.05, 0) is 42.4 Å². The van der Waals surface area contributed by atoms with Gasteiger partial charge >= 0.3 is 6.03 Å². The molecule has 0 radical (unpaired) electrons. The molecule has 0 aromatic heterocycles. The third-order valence-electron chi connectivity index (χ3n) is 4.46. The predicted octanol–water partition coefficient (Wildman–Crippen LogP) is 3.70. The number of rotatable bonds is 3. The van der Waals surface area contributed by atoms with Crippen LogP contribution in [-0.4, -0.2) is 35.2 Å². The second-order valence-corrected chi connectivity index (χ2v) is 6.38. The van der Waals surface area contributed by atoms with Crippen molar-refractivity contribution in [1.29, 1.82) is 0 Å². The molecule has 2 atom stereocenters. The highest BCUT2D eigenvalue weighted by molar-refractivity contribution is 6.31. The molecule has 1 heterocycles. The number of carbonyl (C=O) groups is 1. The van der Waals surface area contributed by atoms with E-state index in [1.54, 1.807) is 4.90 Å². The number of aliphatic hydroxyl groups excluding tert-OH is 1. The molecule has 2 N–H and O–H groups in total. The van der Waals surface area contributed by atoms with Gasteiger partial charge in [-0.2, -0.15) is 0 Å². The van der Waals surface area contributed by atoms with E-state index in [2.05, 4.69) is 12.2 Å². The molecule has 0 spiro atoms. The maximum Gasteiger partial charge on any atom is 0.321 e. The summed E-state index contributed by atoms with van der Waals surface area (Å²) in [5.41, 5.74) is 2.93. The number of amides is 2. The fourth-order valence-electron chi connectivity index (χ4n) is 2.97. The number of carbonyl (C=O) groups excluding carboxylic acids is 1. The van der Waals surface area contributed by atoms with Crippen LogP contribution in [-0.2, 0) is 12.8 Å². The van der Waals surface area contributed by atoms with E-state index in [0.717, 1.165) is 29.7 Å². The highest BCUT2D eigenvalue weighted by Gasteiger charge is 2.27. The molecule has 0 unspecified atom stereocenters. The lowest BCUT2D eigenvalue weighted by molar-refractivity contribution is 0.0506. The van der Waals surface area contributed by atoms with Crippen molar-refractivity contribution in [1.82, 2.24) is 4.90 Å². The summed E-state index contributed by atoms with van der Waals surface area (Å²) >= 11 is 6.27. The molecule has 1 aromatic carbocycles. The maximum atomic E-state index is 12.6. The van der Waals surface area contributed by atoms with Crippen molar-refractivity contribution in [3.63, 3.8) is 0 Å². The molecule has 2 rings (SSSR count). The van der Waals surface area contributed by atoms with Crippen molar-refractivity contribution < 1.29 is 9.90 Å². The second kappa shape index (κ2) is 7.34. The smallest absolute Gasteiger partial charge is 0.321 e. The number of urea groups is 1. The summed E-state index contributed by atoms with van der Waals surface area (Å²) in [6, 6.07) is 3.76. The minimum atomic E-state index is -0.312. The number of hydrogen-bond donors (Lipinski definition) is 2. The number of benzene rings is 1. The number of nitrogens with zero attached hydrogens (tertiary/aromatic N) is 1. The van der Waals surface area contributed by atoms with Crippen molar-refractivity contribution in [2.75, 3.05) is 18.4 Å². The first-order chi connectivity index (χ1) is 10.5. The van der Waals surface area contributed by atoms with Crippen LogP contribution in [0.15, 0.2) is 12.1 Å².